The molecule has 14 nitrogen and oxygen atoms in total. The van der Waals surface area contributed by atoms with Crippen molar-refractivity contribution in [2.75, 3.05) is 33.3 Å². The predicted molar refractivity (Wildman–Crippen MR) is 212 cm³/mol. The molecule has 5 rings (SSSR count). The van der Waals surface area contributed by atoms with Gasteiger partial charge in [0, 0.05) is 49.9 Å². The molecule has 0 aliphatic rings. The van der Waals surface area contributed by atoms with Crippen LogP contribution >= 0.6 is 0 Å². The van der Waals surface area contributed by atoms with Gasteiger partial charge in [-0.2, -0.15) is 5.26 Å². The number of aliphatic carboxylic acids is 1. The second-order valence-corrected chi connectivity index (χ2v) is 15.7. The molecular weight excluding hydrogens is 759 g/mol. The first-order chi connectivity index (χ1) is 26.8. The van der Waals surface area contributed by atoms with E-state index in [-0.39, 0.29) is 23.7 Å². The van der Waals surface area contributed by atoms with E-state index < -0.39 is 45.3 Å². The number of anilines is 3. The number of aromatic nitrogens is 1. The van der Waals surface area contributed by atoms with Crippen molar-refractivity contribution in [1.29, 1.82) is 5.26 Å². The third-order valence-electron chi connectivity index (χ3n) is 8.33. The zero-order valence-corrected chi connectivity index (χ0v) is 32.1. The van der Waals surface area contributed by atoms with Gasteiger partial charge < -0.3 is 24.8 Å². The van der Waals surface area contributed by atoms with Gasteiger partial charge in [0.05, 0.1) is 29.6 Å². The lowest BCUT2D eigenvalue weighted by Gasteiger charge is -2.30. The molecule has 1 unspecified atom stereocenters. The van der Waals surface area contributed by atoms with Crippen LogP contribution in [0, 0.1) is 18.3 Å². The number of nitrogens with zero attached hydrogens (tertiary/aromatic N) is 4. The Morgan fingerprint density at radius 2 is 1.57 bits per heavy atom. The molecule has 0 spiro atoms. The third-order valence-corrected chi connectivity index (χ3v) is 9.92. The molecule has 0 saturated carbocycles. The number of pyridine rings is 1. The average Bonchev–Trinajstić information content (AvgIpc) is 3.15. The zero-order valence-electron chi connectivity index (χ0n) is 30.5. The van der Waals surface area contributed by atoms with E-state index in [1.165, 1.54) is 0 Å². The normalized spacial score (nSPS) is 11.5. The molecule has 1 heterocycles. The quantitative estimate of drug-likeness (QED) is 0.0667. The Labute approximate surface area is 327 Å². The van der Waals surface area contributed by atoms with Crippen molar-refractivity contribution in [3.05, 3.63) is 137 Å². The van der Waals surface area contributed by atoms with Gasteiger partial charge in [0.25, 0.3) is 11.3 Å². The van der Waals surface area contributed by atoms with Crippen LogP contribution in [0.2, 0.25) is 0 Å². The van der Waals surface area contributed by atoms with E-state index in [4.69, 9.17) is 14.6 Å². The molecule has 5 aromatic rings. The number of hydrogen-bond acceptors (Lipinski definition) is 10. The fourth-order valence-corrected chi connectivity index (χ4v) is 7.60. The predicted octanol–water partition coefficient (Wildman–Crippen LogP) is 6.24. The van der Waals surface area contributed by atoms with Crippen LogP contribution in [-0.4, -0.2) is 57.9 Å². The van der Waals surface area contributed by atoms with Crippen molar-refractivity contribution in [2.45, 2.75) is 32.9 Å². The highest BCUT2D eigenvalue weighted by Crippen LogP contribution is 2.35. The Hall–Kier alpha value is -6.28. The first kappa shape index (κ1) is 40.9. The summed E-state index contributed by atoms with van der Waals surface area (Å²) in [7, 11) is -3.65. The number of carboxylic acid groups (broad SMARTS) is 1. The van der Waals surface area contributed by atoms with Crippen LogP contribution in [0.15, 0.2) is 109 Å². The lowest BCUT2D eigenvalue weighted by molar-refractivity contribution is -0.139. The maximum Gasteiger partial charge on any atom is 0.312 e. The minimum atomic E-state index is -3.65. The molecule has 1 aromatic heterocycles. The highest BCUT2D eigenvalue weighted by molar-refractivity contribution is 7.92. The van der Waals surface area contributed by atoms with Gasteiger partial charge in [0.15, 0.2) is 9.84 Å². The number of carboxylic acids is 1. The Morgan fingerprint density at radius 3 is 2.18 bits per heavy atom. The summed E-state index contributed by atoms with van der Waals surface area (Å²) in [6.45, 7) is 2.77. The van der Waals surface area contributed by atoms with Gasteiger partial charge in [-0.3, -0.25) is 23.4 Å². The summed E-state index contributed by atoms with van der Waals surface area (Å²) in [5.74, 6) is -1.43. The van der Waals surface area contributed by atoms with Crippen LogP contribution in [0.5, 0.6) is 17.2 Å². The largest absolute Gasteiger partial charge is 0.491 e. The summed E-state index contributed by atoms with van der Waals surface area (Å²) in [5, 5.41) is 20.9. The molecule has 16 heteroatoms. The Balaban J connectivity index is 1.38. The Kier molecular flexibility index (Phi) is 13.8. The van der Waals surface area contributed by atoms with Gasteiger partial charge >= 0.3 is 5.97 Å². The summed E-state index contributed by atoms with van der Waals surface area (Å²) in [6, 6.07) is 30.3. The SMILES string of the molecule is Cc1c(N(Cc2ccc(C#N)cc2)Cc2ccc(Oc3ccc(NC(=O)CC(=O)O)c(OCCc4cccnc4)c3)cc2)cccc1N(CS(C)(=O)=O)S(=O)O. The molecule has 0 aliphatic heterocycles. The topological polar surface area (TPSA) is 199 Å². The lowest BCUT2D eigenvalue weighted by atomic mass is 10.1. The molecule has 4 aromatic carbocycles. The average molecular weight is 798 g/mol. The zero-order chi connectivity index (χ0) is 40.2. The minimum absolute atomic E-state index is 0.251. The summed E-state index contributed by atoms with van der Waals surface area (Å²) in [6.07, 6.45) is 4.22. The number of benzene rings is 4. The van der Waals surface area contributed by atoms with E-state index in [1.54, 1.807) is 73.9 Å². The highest BCUT2D eigenvalue weighted by Gasteiger charge is 2.23. The second kappa shape index (κ2) is 18.8. The molecule has 0 saturated heterocycles. The number of sulfone groups is 1. The van der Waals surface area contributed by atoms with E-state index in [9.17, 15) is 32.0 Å². The summed E-state index contributed by atoms with van der Waals surface area (Å²) in [5.41, 5.74) is 5.10. The van der Waals surface area contributed by atoms with Crippen molar-refractivity contribution >= 4 is 50.0 Å². The van der Waals surface area contributed by atoms with Gasteiger partial charge in [-0.1, -0.05) is 36.4 Å². The number of rotatable bonds is 18. The molecule has 0 aliphatic carbocycles. The summed E-state index contributed by atoms with van der Waals surface area (Å²) >= 11 is -2.61. The molecule has 290 valence electrons. The van der Waals surface area contributed by atoms with Crippen molar-refractivity contribution in [2.24, 2.45) is 0 Å². The molecule has 56 heavy (non-hydrogen) atoms. The van der Waals surface area contributed by atoms with Crippen LogP contribution in [0.25, 0.3) is 0 Å². The van der Waals surface area contributed by atoms with Crippen molar-refractivity contribution in [3.8, 4) is 23.3 Å². The number of ether oxygens (including phenoxy) is 2. The number of carbonyl (C=O) groups excluding carboxylic acids is 1. The Morgan fingerprint density at radius 1 is 0.911 bits per heavy atom. The molecular formula is C40H39N5O9S2. The molecule has 0 radical (unpaired) electrons. The fraction of sp³-hybridized carbons (Fsp3) is 0.200. The number of hydrogen-bond donors (Lipinski definition) is 3. The maximum absolute atomic E-state index is 12.3. The van der Waals surface area contributed by atoms with Crippen molar-refractivity contribution in [1.82, 2.24) is 4.98 Å². The molecule has 3 N–H and O–H groups in total. The van der Waals surface area contributed by atoms with Gasteiger partial charge in [-0.05, 0) is 83.8 Å². The van der Waals surface area contributed by atoms with E-state index in [2.05, 4.69) is 16.4 Å². The second-order valence-electron chi connectivity index (χ2n) is 12.7. The van der Waals surface area contributed by atoms with Gasteiger partial charge in [0.1, 0.15) is 29.5 Å². The maximum atomic E-state index is 12.3. The number of amides is 1. The lowest BCUT2D eigenvalue weighted by Crippen LogP contribution is -2.32. The molecule has 0 fully saturated rings. The monoisotopic (exact) mass is 797 g/mol. The highest BCUT2D eigenvalue weighted by atomic mass is 32.2. The van der Waals surface area contributed by atoms with Crippen LogP contribution in [-0.2, 0) is 50.2 Å². The van der Waals surface area contributed by atoms with Crippen LogP contribution in [0.3, 0.4) is 0 Å². The van der Waals surface area contributed by atoms with E-state index >= 15 is 0 Å². The fourth-order valence-electron chi connectivity index (χ4n) is 5.73. The minimum Gasteiger partial charge on any atom is -0.491 e. The first-order valence-corrected chi connectivity index (χ1v) is 20.2. The number of nitrogens with one attached hydrogen (secondary N) is 1. The van der Waals surface area contributed by atoms with E-state index in [0.29, 0.717) is 47.8 Å². The molecule has 0 bridgehead atoms. The van der Waals surface area contributed by atoms with Gasteiger partial charge in [-0.15, -0.1) is 0 Å². The standard InChI is InChI=1S/C40H39N5O9S2/c1-28-36(6-3-7-37(28)45(55(49)50)27-56(2,51)52)44(25-31-10-8-29(23-41)9-11-31)26-32-12-14-33(15-13-32)54-34-16-17-35(43-39(46)22-40(47)48)38(21-34)53-20-18-30-5-4-19-42-24-30/h3-17,19,21,24H,18,20,22,25-27H2,1-2H3,(H,43,46)(H,47,48)(H,49,50). The van der Waals surface area contributed by atoms with Crippen molar-refractivity contribution in [3.63, 3.8) is 0 Å². The summed E-state index contributed by atoms with van der Waals surface area (Å²) in [4.78, 5) is 29.5. The van der Waals surface area contributed by atoms with Crippen LogP contribution in [0.1, 0.15) is 34.2 Å². The first-order valence-electron chi connectivity index (χ1n) is 17.1. The van der Waals surface area contributed by atoms with Crippen LogP contribution < -0.4 is 24.0 Å². The van der Waals surface area contributed by atoms with Crippen molar-refractivity contribution < 1.29 is 41.3 Å². The third kappa shape index (κ3) is 11.9. The smallest absolute Gasteiger partial charge is 0.312 e. The molecule has 1 amide bonds. The summed E-state index contributed by atoms with van der Waals surface area (Å²) < 4.78 is 59.7. The number of nitriles is 1. The molecule has 1 atom stereocenters. The van der Waals surface area contributed by atoms with E-state index in [0.717, 1.165) is 27.3 Å². The van der Waals surface area contributed by atoms with Crippen LogP contribution in [0.4, 0.5) is 17.1 Å². The Bertz CT molecular complexity index is 2340. The number of carbonyl (C=O) groups is 2. The van der Waals surface area contributed by atoms with Gasteiger partial charge in [-0.25, -0.2) is 12.6 Å². The van der Waals surface area contributed by atoms with Gasteiger partial charge in [0.2, 0.25) is 5.91 Å². The van der Waals surface area contributed by atoms with E-state index in [1.807, 2.05) is 47.4 Å².